The largest absolute Gasteiger partial charge is 0.477 e. The number of carbonyl (C=O) groups is 1. The number of imidazole rings is 1. The van der Waals surface area contributed by atoms with Crippen LogP contribution in [0.25, 0.3) is 11.4 Å². The molecule has 0 aliphatic heterocycles. The molecule has 0 atom stereocenters. The molecule has 0 saturated heterocycles. The molecule has 0 aliphatic carbocycles. The third-order valence-corrected chi connectivity index (χ3v) is 3.15. The number of thiophene rings is 1. The first kappa shape index (κ1) is 9.42. The van der Waals surface area contributed by atoms with Crippen LogP contribution in [0.5, 0.6) is 0 Å². The first-order chi connectivity index (χ1) is 6.66. The monoisotopic (exact) mass is 272 g/mol. The van der Waals surface area contributed by atoms with Crippen LogP contribution in [0.15, 0.2) is 21.4 Å². The molecular formula is C8H5BrN2O2S. The zero-order valence-electron chi connectivity index (χ0n) is 6.82. The zero-order chi connectivity index (χ0) is 10.1. The summed E-state index contributed by atoms with van der Waals surface area (Å²) in [6.45, 7) is 0. The maximum atomic E-state index is 10.6. The van der Waals surface area contributed by atoms with Crippen molar-refractivity contribution < 1.29 is 9.90 Å². The van der Waals surface area contributed by atoms with E-state index in [9.17, 15) is 4.79 Å². The molecule has 6 heteroatoms. The Morgan fingerprint density at radius 1 is 1.64 bits per heavy atom. The van der Waals surface area contributed by atoms with E-state index in [1.807, 2.05) is 11.4 Å². The molecule has 0 aliphatic rings. The Morgan fingerprint density at radius 3 is 2.93 bits per heavy atom. The second kappa shape index (κ2) is 3.55. The second-order valence-corrected chi connectivity index (χ2v) is 4.88. The van der Waals surface area contributed by atoms with E-state index in [2.05, 4.69) is 25.9 Å². The lowest BCUT2D eigenvalue weighted by Gasteiger charge is -1.88. The highest BCUT2D eigenvalue weighted by atomic mass is 79.9. The molecular weight excluding hydrogens is 268 g/mol. The molecule has 2 rings (SSSR count). The molecule has 0 fully saturated rings. The highest BCUT2D eigenvalue weighted by Gasteiger charge is 2.09. The van der Waals surface area contributed by atoms with E-state index in [-0.39, 0.29) is 5.69 Å². The summed E-state index contributed by atoms with van der Waals surface area (Å²) in [5, 5.41) is 10.6. The molecule has 72 valence electrons. The molecule has 2 heterocycles. The van der Waals surface area contributed by atoms with Gasteiger partial charge in [0.25, 0.3) is 0 Å². The molecule has 2 N–H and O–H groups in total. The Bertz CT molecular complexity index is 477. The number of rotatable bonds is 2. The molecule has 2 aromatic heterocycles. The van der Waals surface area contributed by atoms with E-state index in [0.29, 0.717) is 5.82 Å². The topological polar surface area (TPSA) is 66.0 Å². The van der Waals surface area contributed by atoms with Crippen molar-refractivity contribution in [3.8, 4) is 11.4 Å². The minimum absolute atomic E-state index is 0.0994. The van der Waals surface area contributed by atoms with Gasteiger partial charge >= 0.3 is 5.97 Å². The van der Waals surface area contributed by atoms with E-state index in [1.165, 1.54) is 17.5 Å². The summed E-state index contributed by atoms with van der Waals surface area (Å²) < 4.78 is 0.987. The van der Waals surface area contributed by atoms with Crippen LogP contribution < -0.4 is 0 Å². The van der Waals surface area contributed by atoms with E-state index >= 15 is 0 Å². The molecule has 0 spiro atoms. The summed E-state index contributed by atoms with van der Waals surface area (Å²) in [6.07, 6.45) is 1.31. The smallest absolute Gasteiger partial charge is 0.353 e. The van der Waals surface area contributed by atoms with Crippen LogP contribution in [0.4, 0.5) is 0 Å². The van der Waals surface area contributed by atoms with Crippen molar-refractivity contribution in [2.75, 3.05) is 0 Å². The maximum absolute atomic E-state index is 10.6. The van der Waals surface area contributed by atoms with Crippen LogP contribution in [0, 0.1) is 0 Å². The molecule has 0 saturated carbocycles. The van der Waals surface area contributed by atoms with Crippen LogP contribution in [0.3, 0.4) is 0 Å². The minimum Gasteiger partial charge on any atom is -0.477 e. The van der Waals surface area contributed by atoms with Crippen LogP contribution in [-0.2, 0) is 0 Å². The van der Waals surface area contributed by atoms with E-state index in [4.69, 9.17) is 5.11 Å². The Morgan fingerprint density at radius 2 is 2.43 bits per heavy atom. The summed E-state index contributed by atoms with van der Waals surface area (Å²) in [4.78, 5) is 17.3. The average molecular weight is 273 g/mol. The van der Waals surface area contributed by atoms with Crippen LogP contribution in [0.2, 0.25) is 0 Å². The predicted octanol–water partition coefficient (Wildman–Crippen LogP) is 2.60. The Balaban J connectivity index is 2.38. The third-order valence-electron chi connectivity index (χ3n) is 1.65. The van der Waals surface area contributed by atoms with Gasteiger partial charge in [-0.05, 0) is 22.0 Å². The first-order valence-electron chi connectivity index (χ1n) is 3.69. The number of aromatic nitrogens is 2. The van der Waals surface area contributed by atoms with Crippen LogP contribution >= 0.6 is 27.3 Å². The summed E-state index contributed by atoms with van der Waals surface area (Å²) in [6, 6.07) is 1.88. The van der Waals surface area contributed by atoms with Gasteiger partial charge in [0.15, 0.2) is 0 Å². The van der Waals surface area contributed by atoms with Crippen molar-refractivity contribution >= 4 is 33.2 Å². The van der Waals surface area contributed by atoms with Gasteiger partial charge in [-0.3, -0.25) is 0 Å². The van der Waals surface area contributed by atoms with Crippen LogP contribution in [0.1, 0.15) is 10.5 Å². The fraction of sp³-hybridized carbons (Fsp3) is 0. The summed E-state index contributed by atoms with van der Waals surface area (Å²) in [7, 11) is 0. The lowest BCUT2D eigenvalue weighted by atomic mass is 10.3. The molecule has 0 amide bonds. The quantitative estimate of drug-likeness (QED) is 0.883. The van der Waals surface area contributed by atoms with Crippen molar-refractivity contribution in [1.29, 1.82) is 0 Å². The lowest BCUT2D eigenvalue weighted by molar-refractivity contribution is 0.0691. The number of aromatic carboxylic acids is 1. The molecule has 2 aromatic rings. The normalized spacial score (nSPS) is 10.4. The van der Waals surface area contributed by atoms with Gasteiger partial charge in [-0.2, -0.15) is 0 Å². The summed E-state index contributed by atoms with van der Waals surface area (Å²) >= 11 is 4.85. The van der Waals surface area contributed by atoms with Gasteiger partial charge < -0.3 is 10.1 Å². The van der Waals surface area contributed by atoms with Gasteiger partial charge in [0.2, 0.25) is 0 Å². The number of H-pyrrole nitrogens is 1. The third kappa shape index (κ3) is 1.71. The van der Waals surface area contributed by atoms with Crippen molar-refractivity contribution in [2.24, 2.45) is 0 Å². The number of nitrogens with zero attached hydrogens (tertiary/aromatic N) is 1. The van der Waals surface area contributed by atoms with Gasteiger partial charge in [-0.1, -0.05) is 0 Å². The number of nitrogens with one attached hydrogen (secondary N) is 1. The van der Waals surface area contributed by atoms with E-state index in [1.54, 1.807) is 0 Å². The van der Waals surface area contributed by atoms with Gasteiger partial charge in [-0.25, -0.2) is 9.78 Å². The van der Waals surface area contributed by atoms with Crippen molar-refractivity contribution in [1.82, 2.24) is 9.97 Å². The lowest BCUT2D eigenvalue weighted by Crippen LogP contribution is -1.95. The van der Waals surface area contributed by atoms with Crippen molar-refractivity contribution in [3.63, 3.8) is 0 Å². The number of hydrogen-bond acceptors (Lipinski definition) is 3. The van der Waals surface area contributed by atoms with Crippen molar-refractivity contribution in [3.05, 3.63) is 27.1 Å². The molecule has 0 unspecified atom stereocenters. The van der Waals surface area contributed by atoms with Gasteiger partial charge in [0.05, 0.1) is 9.98 Å². The SMILES string of the molecule is O=C(O)c1cnc(-c2csc(Br)c2)[nH]1. The van der Waals surface area contributed by atoms with Crippen LogP contribution in [-0.4, -0.2) is 21.0 Å². The molecule has 14 heavy (non-hydrogen) atoms. The van der Waals surface area contributed by atoms with Gasteiger partial charge in [-0.15, -0.1) is 11.3 Å². The maximum Gasteiger partial charge on any atom is 0.353 e. The molecule has 0 aromatic carbocycles. The predicted molar refractivity (Wildman–Crippen MR) is 56.6 cm³/mol. The Labute approximate surface area is 91.7 Å². The fourth-order valence-corrected chi connectivity index (χ4v) is 2.15. The summed E-state index contributed by atoms with van der Waals surface area (Å²) in [5.41, 5.74) is 0.983. The van der Waals surface area contributed by atoms with E-state index in [0.717, 1.165) is 9.35 Å². The average Bonchev–Trinajstić information content (AvgIpc) is 2.70. The number of aromatic amines is 1. The minimum atomic E-state index is -1.00. The Kier molecular flexibility index (Phi) is 2.39. The van der Waals surface area contributed by atoms with Crippen molar-refractivity contribution in [2.45, 2.75) is 0 Å². The first-order valence-corrected chi connectivity index (χ1v) is 5.37. The highest BCUT2D eigenvalue weighted by molar-refractivity contribution is 9.11. The van der Waals surface area contributed by atoms with E-state index < -0.39 is 5.97 Å². The molecule has 0 radical (unpaired) electrons. The Hall–Kier alpha value is -1.14. The molecule has 0 bridgehead atoms. The fourth-order valence-electron chi connectivity index (χ4n) is 1.01. The van der Waals surface area contributed by atoms with Gasteiger partial charge in [0.1, 0.15) is 11.5 Å². The second-order valence-electron chi connectivity index (χ2n) is 2.59. The summed E-state index contributed by atoms with van der Waals surface area (Å²) in [5.74, 6) is -0.428. The number of halogens is 1. The number of hydrogen-bond donors (Lipinski definition) is 2. The van der Waals surface area contributed by atoms with Gasteiger partial charge in [0, 0.05) is 10.9 Å². The standard InChI is InChI=1S/C8H5BrN2O2S/c9-6-1-4(3-14-6)7-10-2-5(11-7)8(12)13/h1-3H,(H,10,11)(H,12,13). The molecule has 4 nitrogen and oxygen atoms in total. The number of carboxylic acids is 1. The number of carboxylic acid groups (broad SMARTS) is 1. The zero-order valence-corrected chi connectivity index (χ0v) is 9.22. The highest BCUT2D eigenvalue weighted by Crippen LogP contribution is 2.26.